The van der Waals surface area contributed by atoms with Crippen molar-refractivity contribution in [3.63, 3.8) is 0 Å². The lowest BCUT2D eigenvalue weighted by molar-refractivity contribution is 0.101. The monoisotopic (exact) mass is 290 g/mol. The highest BCUT2D eigenvalue weighted by Gasteiger charge is 2.11. The third-order valence-corrected chi connectivity index (χ3v) is 3.67. The average molecular weight is 291 g/mol. The molecule has 0 amide bonds. The zero-order valence-corrected chi connectivity index (χ0v) is 11.6. The predicted molar refractivity (Wildman–Crippen MR) is 79.0 cm³/mol. The van der Waals surface area contributed by atoms with E-state index in [9.17, 15) is 9.59 Å². The molecule has 0 aliphatic rings. The number of carbonyl (C=O) groups is 2. The first-order valence-corrected chi connectivity index (χ1v) is 7.04. The highest BCUT2D eigenvalue weighted by molar-refractivity contribution is 8.14. The van der Waals surface area contributed by atoms with Crippen molar-refractivity contribution in [2.24, 2.45) is 0 Å². The van der Waals surface area contributed by atoms with E-state index >= 15 is 0 Å². The van der Waals surface area contributed by atoms with Crippen LogP contribution in [0.25, 0.3) is 0 Å². The summed E-state index contributed by atoms with van der Waals surface area (Å²) >= 11 is 6.76. The first kappa shape index (κ1) is 13.8. The Labute approximate surface area is 120 Å². The van der Waals surface area contributed by atoms with E-state index in [1.54, 1.807) is 48.5 Å². The molecule has 0 saturated carbocycles. The number of carbonyl (C=O) groups excluding carboxylic acids is 2. The van der Waals surface area contributed by atoms with E-state index in [0.717, 1.165) is 11.8 Å². The van der Waals surface area contributed by atoms with Gasteiger partial charge in [-0.3, -0.25) is 9.59 Å². The molecule has 2 aromatic rings. The summed E-state index contributed by atoms with van der Waals surface area (Å²) in [6.07, 6.45) is 0. The molecule has 0 aliphatic heterocycles. The van der Waals surface area contributed by atoms with Gasteiger partial charge in [-0.2, -0.15) is 0 Å². The molecule has 96 valence electrons. The van der Waals surface area contributed by atoms with Gasteiger partial charge in [0.25, 0.3) is 0 Å². The number of hydrogen-bond acceptors (Lipinski definition) is 3. The molecular formula is C15H11ClO2S. The van der Waals surface area contributed by atoms with E-state index in [0.29, 0.717) is 16.1 Å². The number of benzene rings is 2. The van der Waals surface area contributed by atoms with E-state index < -0.39 is 0 Å². The van der Waals surface area contributed by atoms with Crippen molar-refractivity contribution in [1.29, 1.82) is 0 Å². The maximum atomic E-state index is 11.9. The van der Waals surface area contributed by atoms with Crippen LogP contribution < -0.4 is 0 Å². The van der Waals surface area contributed by atoms with Gasteiger partial charge in [-0.05, 0) is 24.3 Å². The van der Waals surface area contributed by atoms with Crippen LogP contribution in [-0.2, 0) is 0 Å². The van der Waals surface area contributed by atoms with Crippen molar-refractivity contribution in [1.82, 2.24) is 0 Å². The van der Waals surface area contributed by atoms with Crippen molar-refractivity contribution in [2.75, 3.05) is 5.75 Å². The molecule has 0 N–H and O–H groups in total. The van der Waals surface area contributed by atoms with Gasteiger partial charge >= 0.3 is 0 Å². The predicted octanol–water partition coefficient (Wildman–Crippen LogP) is 4.10. The van der Waals surface area contributed by atoms with E-state index in [1.807, 2.05) is 6.07 Å². The van der Waals surface area contributed by atoms with Gasteiger partial charge in [0.1, 0.15) is 0 Å². The van der Waals surface area contributed by atoms with Crippen LogP contribution in [0.2, 0.25) is 5.02 Å². The second-order valence-electron chi connectivity index (χ2n) is 3.87. The summed E-state index contributed by atoms with van der Waals surface area (Å²) in [6, 6.07) is 15.6. The van der Waals surface area contributed by atoms with E-state index in [2.05, 4.69) is 0 Å². The quantitative estimate of drug-likeness (QED) is 0.795. The zero-order valence-electron chi connectivity index (χ0n) is 10.0. The number of halogens is 1. The fourth-order valence-corrected chi connectivity index (χ4v) is 2.37. The summed E-state index contributed by atoms with van der Waals surface area (Å²) in [5, 5.41) is 0.461. The van der Waals surface area contributed by atoms with Gasteiger partial charge in [0.15, 0.2) is 5.78 Å². The second kappa shape index (κ2) is 6.55. The van der Waals surface area contributed by atoms with Gasteiger partial charge in [0.2, 0.25) is 5.12 Å². The van der Waals surface area contributed by atoms with Crippen LogP contribution in [0.1, 0.15) is 20.7 Å². The molecular weight excluding hydrogens is 280 g/mol. The van der Waals surface area contributed by atoms with Crippen molar-refractivity contribution >= 4 is 34.3 Å². The van der Waals surface area contributed by atoms with Crippen LogP contribution in [0.15, 0.2) is 54.6 Å². The molecule has 4 heteroatoms. The Bertz CT molecular complexity index is 579. The summed E-state index contributed by atoms with van der Waals surface area (Å²) in [4.78, 5) is 23.7. The molecule has 0 aliphatic carbocycles. The molecule has 0 radical (unpaired) electrons. The van der Waals surface area contributed by atoms with Crippen LogP contribution in [0.4, 0.5) is 0 Å². The molecule has 0 saturated heterocycles. The topological polar surface area (TPSA) is 34.1 Å². The highest BCUT2D eigenvalue weighted by atomic mass is 35.5. The van der Waals surface area contributed by atoms with Gasteiger partial charge in [-0.1, -0.05) is 53.7 Å². The molecule has 0 heterocycles. The Balaban J connectivity index is 1.94. The summed E-state index contributed by atoms with van der Waals surface area (Å²) in [6.45, 7) is 0. The van der Waals surface area contributed by atoms with E-state index in [-0.39, 0.29) is 16.7 Å². The maximum absolute atomic E-state index is 11.9. The Morgan fingerprint density at radius 2 is 1.53 bits per heavy atom. The molecule has 2 aromatic carbocycles. The van der Waals surface area contributed by atoms with Gasteiger partial charge < -0.3 is 0 Å². The molecule has 0 unspecified atom stereocenters. The smallest absolute Gasteiger partial charge is 0.219 e. The molecule has 2 nitrogen and oxygen atoms in total. The Morgan fingerprint density at radius 3 is 2.16 bits per heavy atom. The summed E-state index contributed by atoms with van der Waals surface area (Å²) < 4.78 is 0. The average Bonchev–Trinajstić information content (AvgIpc) is 2.46. The highest BCUT2D eigenvalue weighted by Crippen LogP contribution is 2.16. The Morgan fingerprint density at radius 1 is 0.895 bits per heavy atom. The zero-order chi connectivity index (χ0) is 13.7. The molecule has 0 atom stereocenters. The first-order chi connectivity index (χ1) is 9.16. The van der Waals surface area contributed by atoms with Crippen molar-refractivity contribution < 1.29 is 9.59 Å². The number of hydrogen-bond donors (Lipinski definition) is 0. The minimum Gasteiger partial charge on any atom is -0.293 e. The SMILES string of the molecule is O=C(CSC(=O)c1ccc(Cl)cc1)c1ccccc1. The lowest BCUT2D eigenvalue weighted by Gasteiger charge is -2.01. The van der Waals surface area contributed by atoms with Crippen LogP contribution in [0.5, 0.6) is 0 Å². The van der Waals surface area contributed by atoms with E-state index in [1.165, 1.54) is 0 Å². The maximum Gasteiger partial charge on any atom is 0.219 e. The normalized spacial score (nSPS) is 10.2. The lowest BCUT2D eigenvalue weighted by atomic mass is 10.2. The van der Waals surface area contributed by atoms with Gasteiger partial charge in [0.05, 0.1) is 5.75 Å². The van der Waals surface area contributed by atoms with Gasteiger partial charge in [0, 0.05) is 16.1 Å². The van der Waals surface area contributed by atoms with Crippen molar-refractivity contribution in [3.8, 4) is 0 Å². The van der Waals surface area contributed by atoms with Crippen LogP contribution in [0, 0.1) is 0 Å². The lowest BCUT2D eigenvalue weighted by Crippen LogP contribution is -2.05. The number of thioether (sulfide) groups is 1. The Hall–Kier alpha value is -1.58. The second-order valence-corrected chi connectivity index (χ2v) is 5.26. The van der Waals surface area contributed by atoms with Crippen molar-refractivity contribution in [3.05, 3.63) is 70.7 Å². The summed E-state index contributed by atoms with van der Waals surface area (Å²) in [7, 11) is 0. The minimum absolute atomic E-state index is 0.0482. The molecule has 0 aromatic heterocycles. The minimum atomic E-state index is -0.124. The molecule has 0 spiro atoms. The number of rotatable bonds is 4. The third-order valence-electron chi connectivity index (χ3n) is 2.51. The van der Waals surface area contributed by atoms with E-state index in [4.69, 9.17) is 11.6 Å². The molecule has 19 heavy (non-hydrogen) atoms. The fourth-order valence-electron chi connectivity index (χ4n) is 1.51. The molecule has 0 bridgehead atoms. The largest absolute Gasteiger partial charge is 0.293 e. The Kier molecular flexibility index (Phi) is 4.77. The summed E-state index contributed by atoms with van der Waals surface area (Å²) in [5.74, 6) is 0.0961. The van der Waals surface area contributed by atoms with Gasteiger partial charge in [-0.15, -0.1) is 0 Å². The van der Waals surface area contributed by atoms with Crippen LogP contribution >= 0.6 is 23.4 Å². The first-order valence-electron chi connectivity index (χ1n) is 5.68. The van der Waals surface area contributed by atoms with Crippen LogP contribution in [-0.4, -0.2) is 16.7 Å². The standard InChI is InChI=1S/C15H11ClO2S/c16-13-8-6-12(7-9-13)15(18)19-10-14(17)11-4-2-1-3-5-11/h1-9H,10H2. The molecule has 2 rings (SSSR count). The van der Waals surface area contributed by atoms with Crippen LogP contribution in [0.3, 0.4) is 0 Å². The fraction of sp³-hybridized carbons (Fsp3) is 0.0667. The number of Topliss-reactive ketones (excluding diaryl/α,β-unsaturated/α-hetero) is 1. The molecule has 0 fully saturated rings. The summed E-state index contributed by atoms with van der Waals surface area (Å²) in [5.41, 5.74) is 1.18. The number of ketones is 1. The third kappa shape index (κ3) is 3.94. The van der Waals surface area contributed by atoms with Crippen molar-refractivity contribution in [2.45, 2.75) is 0 Å². The van der Waals surface area contributed by atoms with Gasteiger partial charge in [-0.25, -0.2) is 0 Å².